The van der Waals surface area contributed by atoms with Crippen LogP contribution in [-0.4, -0.2) is 25.4 Å². The van der Waals surface area contributed by atoms with Crippen LogP contribution in [0.25, 0.3) is 0 Å². The molecule has 0 spiro atoms. The van der Waals surface area contributed by atoms with E-state index in [1.54, 1.807) is 31.3 Å². The minimum atomic E-state index is -3.57. The number of pyridine rings is 1. The number of aromatic nitrogens is 1. The largest absolute Gasteiger partial charge is 0.307 e. The predicted octanol–water partition coefficient (Wildman–Crippen LogP) is 2.41. The summed E-state index contributed by atoms with van der Waals surface area (Å²) in [5.74, 6) is 0.0927. The van der Waals surface area contributed by atoms with E-state index < -0.39 is 10.0 Å². The highest BCUT2D eigenvalue weighted by molar-refractivity contribution is 7.89. The molecule has 1 atom stereocenters. The molecule has 2 rings (SSSR count). The zero-order valence-corrected chi connectivity index (χ0v) is 13.8. The summed E-state index contributed by atoms with van der Waals surface area (Å²) in [4.78, 5) is 16.2. The van der Waals surface area contributed by atoms with Gasteiger partial charge in [-0.2, -0.15) is 0 Å². The summed E-state index contributed by atoms with van der Waals surface area (Å²) in [5.41, 5.74) is 0.359. The van der Waals surface area contributed by atoms with Gasteiger partial charge in [0.25, 0.3) is 5.91 Å². The number of sulfonamides is 1. The van der Waals surface area contributed by atoms with Gasteiger partial charge < -0.3 is 5.32 Å². The van der Waals surface area contributed by atoms with Crippen LogP contribution in [0.5, 0.6) is 0 Å². The lowest BCUT2D eigenvalue weighted by Gasteiger charge is -2.12. The van der Waals surface area contributed by atoms with Crippen molar-refractivity contribution in [3.8, 4) is 0 Å². The minimum absolute atomic E-state index is 0.132. The second-order valence-corrected chi connectivity index (χ2v) is 6.84. The Kier molecular flexibility index (Phi) is 5.46. The van der Waals surface area contributed by atoms with Crippen molar-refractivity contribution in [2.45, 2.75) is 31.2 Å². The first-order valence-corrected chi connectivity index (χ1v) is 8.75. The summed E-state index contributed by atoms with van der Waals surface area (Å²) >= 11 is 0. The third-order valence-electron chi connectivity index (χ3n) is 3.30. The average molecular weight is 333 g/mol. The van der Waals surface area contributed by atoms with Crippen LogP contribution in [0.2, 0.25) is 0 Å². The van der Waals surface area contributed by atoms with E-state index in [0.717, 1.165) is 0 Å². The van der Waals surface area contributed by atoms with Crippen LogP contribution < -0.4 is 10.0 Å². The molecule has 0 aliphatic carbocycles. The highest BCUT2D eigenvalue weighted by Gasteiger charge is 2.17. The Morgan fingerprint density at radius 3 is 2.43 bits per heavy atom. The molecule has 122 valence electrons. The van der Waals surface area contributed by atoms with Gasteiger partial charge in [-0.05, 0) is 49.7 Å². The first kappa shape index (κ1) is 17.1. The van der Waals surface area contributed by atoms with E-state index >= 15 is 0 Å². The number of hydrogen-bond donors (Lipinski definition) is 2. The molecule has 0 radical (unpaired) electrons. The van der Waals surface area contributed by atoms with Crippen LogP contribution in [0.3, 0.4) is 0 Å². The van der Waals surface area contributed by atoms with Gasteiger partial charge >= 0.3 is 0 Å². The van der Waals surface area contributed by atoms with Crippen LogP contribution in [-0.2, 0) is 10.0 Å². The molecular weight excluding hydrogens is 314 g/mol. The third kappa shape index (κ3) is 4.61. The molecule has 7 heteroatoms. The number of carbonyl (C=O) groups excluding carboxylic acids is 1. The Labute approximate surface area is 136 Å². The molecule has 1 amide bonds. The lowest BCUT2D eigenvalue weighted by atomic mass is 10.2. The van der Waals surface area contributed by atoms with E-state index in [-0.39, 0.29) is 16.8 Å². The molecule has 0 saturated heterocycles. The van der Waals surface area contributed by atoms with Crippen LogP contribution in [0.4, 0.5) is 5.82 Å². The lowest BCUT2D eigenvalue weighted by Crippen LogP contribution is -2.32. The summed E-state index contributed by atoms with van der Waals surface area (Å²) in [6, 6.07) is 10.8. The van der Waals surface area contributed by atoms with Gasteiger partial charge in [-0.25, -0.2) is 18.1 Å². The van der Waals surface area contributed by atoms with E-state index in [0.29, 0.717) is 17.8 Å². The first-order chi connectivity index (χ1) is 10.9. The summed E-state index contributed by atoms with van der Waals surface area (Å²) in [6.45, 7) is 3.70. The summed E-state index contributed by atoms with van der Waals surface area (Å²) in [6.07, 6.45) is 2.27. The van der Waals surface area contributed by atoms with Gasteiger partial charge in [0.2, 0.25) is 10.0 Å². The van der Waals surface area contributed by atoms with E-state index in [4.69, 9.17) is 0 Å². The topological polar surface area (TPSA) is 88.2 Å². The van der Waals surface area contributed by atoms with Crippen LogP contribution in [0.1, 0.15) is 30.6 Å². The van der Waals surface area contributed by atoms with E-state index in [9.17, 15) is 13.2 Å². The van der Waals surface area contributed by atoms with Crippen molar-refractivity contribution in [3.63, 3.8) is 0 Å². The second kappa shape index (κ2) is 7.34. The molecule has 0 fully saturated rings. The Hall–Kier alpha value is -2.25. The molecule has 1 heterocycles. The normalized spacial score (nSPS) is 12.6. The molecule has 1 aromatic heterocycles. The van der Waals surface area contributed by atoms with Gasteiger partial charge in [-0.3, -0.25) is 4.79 Å². The number of nitrogens with one attached hydrogen (secondary N) is 2. The van der Waals surface area contributed by atoms with Crippen molar-refractivity contribution in [2.24, 2.45) is 0 Å². The molecule has 2 N–H and O–H groups in total. The molecular formula is C16H19N3O3S. The van der Waals surface area contributed by atoms with E-state index in [1.165, 1.54) is 24.3 Å². The quantitative estimate of drug-likeness (QED) is 0.850. The number of amides is 1. The zero-order chi connectivity index (χ0) is 16.9. The highest BCUT2D eigenvalue weighted by Crippen LogP contribution is 2.13. The van der Waals surface area contributed by atoms with Gasteiger partial charge in [-0.1, -0.05) is 13.0 Å². The monoisotopic (exact) mass is 333 g/mol. The molecule has 0 aliphatic rings. The molecule has 23 heavy (non-hydrogen) atoms. The van der Waals surface area contributed by atoms with Gasteiger partial charge in [-0.15, -0.1) is 0 Å². The predicted molar refractivity (Wildman–Crippen MR) is 88.7 cm³/mol. The van der Waals surface area contributed by atoms with Crippen LogP contribution in [0.15, 0.2) is 53.6 Å². The second-order valence-electron chi connectivity index (χ2n) is 5.12. The van der Waals surface area contributed by atoms with Gasteiger partial charge in [0.15, 0.2) is 0 Å². The van der Waals surface area contributed by atoms with E-state index in [1.807, 2.05) is 6.92 Å². The maximum absolute atomic E-state index is 12.2. The molecule has 0 aliphatic heterocycles. The number of hydrogen-bond acceptors (Lipinski definition) is 4. The molecule has 0 unspecified atom stereocenters. The standard InChI is InChI=1S/C16H19N3O3S/c1-3-12(2)19-23(21,22)14-9-7-13(8-10-14)16(20)18-15-6-4-5-11-17-15/h4-12,19H,3H2,1-2H3,(H,17,18,20)/t12-/m1/s1. The number of benzene rings is 1. The maximum Gasteiger partial charge on any atom is 0.256 e. The van der Waals surface area contributed by atoms with Gasteiger partial charge in [0.1, 0.15) is 5.82 Å². The summed E-state index contributed by atoms with van der Waals surface area (Å²) < 4.78 is 26.9. The Morgan fingerprint density at radius 1 is 1.17 bits per heavy atom. The van der Waals surface area contributed by atoms with Crippen molar-refractivity contribution in [1.82, 2.24) is 9.71 Å². The highest BCUT2D eigenvalue weighted by atomic mass is 32.2. The van der Waals surface area contributed by atoms with Crippen LogP contribution in [0, 0.1) is 0 Å². The fourth-order valence-corrected chi connectivity index (χ4v) is 3.15. The molecule has 2 aromatic rings. The number of nitrogens with zero attached hydrogens (tertiary/aromatic N) is 1. The molecule has 6 nitrogen and oxygen atoms in total. The van der Waals surface area contributed by atoms with Crippen molar-refractivity contribution >= 4 is 21.7 Å². The molecule has 1 aromatic carbocycles. The summed E-state index contributed by atoms with van der Waals surface area (Å²) in [5, 5.41) is 2.64. The molecule has 0 bridgehead atoms. The Balaban J connectivity index is 2.11. The third-order valence-corrected chi connectivity index (χ3v) is 4.91. The van der Waals surface area contributed by atoms with E-state index in [2.05, 4.69) is 15.0 Å². The fraction of sp³-hybridized carbons (Fsp3) is 0.250. The number of rotatable bonds is 6. The maximum atomic E-state index is 12.2. The number of anilines is 1. The number of carbonyl (C=O) groups is 1. The Morgan fingerprint density at radius 2 is 1.87 bits per heavy atom. The minimum Gasteiger partial charge on any atom is -0.307 e. The first-order valence-electron chi connectivity index (χ1n) is 7.27. The van der Waals surface area contributed by atoms with Gasteiger partial charge in [0, 0.05) is 17.8 Å². The van der Waals surface area contributed by atoms with Crippen LogP contribution >= 0.6 is 0 Å². The average Bonchev–Trinajstić information content (AvgIpc) is 2.55. The smallest absolute Gasteiger partial charge is 0.256 e. The van der Waals surface area contributed by atoms with Crippen molar-refractivity contribution < 1.29 is 13.2 Å². The zero-order valence-electron chi connectivity index (χ0n) is 13.0. The van der Waals surface area contributed by atoms with Gasteiger partial charge in [0.05, 0.1) is 4.90 Å². The SMILES string of the molecule is CC[C@@H](C)NS(=O)(=O)c1ccc(C(=O)Nc2ccccn2)cc1. The lowest BCUT2D eigenvalue weighted by molar-refractivity contribution is 0.102. The molecule has 0 saturated carbocycles. The van der Waals surface area contributed by atoms with Crippen molar-refractivity contribution in [3.05, 3.63) is 54.2 Å². The van der Waals surface area contributed by atoms with Crippen molar-refractivity contribution in [2.75, 3.05) is 5.32 Å². The fourth-order valence-electron chi connectivity index (χ4n) is 1.83. The van der Waals surface area contributed by atoms with Crippen molar-refractivity contribution in [1.29, 1.82) is 0 Å². The summed E-state index contributed by atoms with van der Waals surface area (Å²) in [7, 11) is -3.57. The Bertz CT molecular complexity index is 759.